The predicted molar refractivity (Wildman–Crippen MR) is 91.0 cm³/mol. The molecule has 1 N–H and O–H groups in total. The highest BCUT2D eigenvalue weighted by molar-refractivity contribution is 5.98. The number of hydrogen-bond donors (Lipinski definition) is 1. The maximum Gasteiger partial charge on any atom is 0.258 e. The van der Waals surface area contributed by atoms with Gasteiger partial charge in [-0.05, 0) is 38.3 Å². The van der Waals surface area contributed by atoms with Crippen LogP contribution in [0.4, 0.5) is 0 Å². The van der Waals surface area contributed by atoms with E-state index in [2.05, 4.69) is 10.4 Å². The Kier molecular flexibility index (Phi) is 4.64. The van der Waals surface area contributed by atoms with Gasteiger partial charge in [0.05, 0.1) is 23.1 Å². The predicted octanol–water partition coefficient (Wildman–Crippen LogP) is 1.92. The molecule has 6 heteroatoms. The molecule has 2 amide bonds. The molecule has 1 aromatic heterocycles. The van der Waals surface area contributed by atoms with E-state index in [-0.39, 0.29) is 11.8 Å². The van der Waals surface area contributed by atoms with Gasteiger partial charge < -0.3 is 10.2 Å². The number of likely N-dealkylation sites (N-methyl/N-ethyl adjacent to an activating group) is 1. The van der Waals surface area contributed by atoms with Crippen molar-refractivity contribution in [3.05, 3.63) is 47.8 Å². The van der Waals surface area contributed by atoms with Crippen molar-refractivity contribution in [1.82, 2.24) is 20.0 Å². The van der Waals surface area contributed by atoms with Crippen LogP contribution in [0.2, 0.25) is 0 Å². The average Bonchev–Trinajstić information content (AvgIpc) is 3.02. The molecule has 1 unspecified atom stereocenters. The third kappa shape index (κ3) is 2.91. The molecule has 126 valence electrons. The number of nitrogens with one attached hydrogen (secondary N) is 1. The van der Waals surface area contributed by atoms with Crippen LogP contribution in [-0.2, 0) is 4.79 Å². The summed E-state index contributed by atoms with van der Waals surface area (Å²) in [5, 5.41) is 7.02. The van der Waals surface area contributed by atoms with Crippen molar-refractivity contribution in [3.63, 3.8) is 0 Å². The molecule has 0 saturated carbocycles. The number of carbonyl (C=O) groups excluding carboxylic acids is 2. The first-order chi connectivity index (χ1) is 11.6. The first kappa shape index (κ1) is 16.2. The second-order valence-corrected chi connectivity index (χ2v) is 6.02. The molecule has 1 aliphatic heterocycles. The van der Waals surface area contributed by atoms with Crippen LogP contribution >= 0.6 is 0 Å². The summed E-state index contributed by atoms with van der Waals surface area (Å²) in [5.74, 6) is -0.223. The Bertz CT molecular complexity index is 739. The number of para-hydroxylation sites is 1. The lowest BCUT2D eigenvalue weighted by Crippen LogP contribution is -2.51. The normalized spacial score (nSPS) is 17.6. The van der Waals surface area contributed by atoms with Crippen LogP contribution in [0, 0.1) is 6.92 Å². The maximum atomic E-state index is 13.0. The fourth-order valence-electron chi connectivity index (χ4n) is 3.22. The summed E-state index contributed by atoms with van der Waals surface area (Å²) in [5.41, 5.74) is 2.25. The molecule has 2 aromatic rings. The molecular weight excluding hydrogens is 304 g/mol. The van der Waals surface area contributed by atoms with Crippen LogP contribution in [0.3, 0.4) is 0 Å². The Hall–Kier alpha value is -2.63. The second kappa shape index (κ2) is 6.86. The summed E-state index contributed by atoms with van der Waals surface area (Å²) < 4.78 is 1.76. The second-order valence-electron chi connectivity index (χ2n) is 6.02. The largest absolute Gasteiger partial charge is 0.357 e. The minimum atomic E-state index is -0.393. The third-order valence-corrected chi connectivity index (χ3v) is 4.55. The molecule has 0 bridgehead atoms. The summed E-state index contributed by atoms with van der Waals surface area (Å²) in [6.45, 7) is 2.49. The number of carbonyl (C=O) groups is 2. The lowest BCUT2D eigenvalue weighted by atomic mass is 10.00. The Balaban J connectivity index is 1.90. The molecule has 1 atom stereocenters. The monoisotopic (exact) mass is 326 g/mol. The van der Waals surface area contributed by atoms with Crippen molar-refractivity contribution >= 4 is 11.8 Å². The average molecular weight is 326 g/mol. The van der Waals surface area contributed by atoms with E-state index >= 15 is 0 Å². The highest BCUT2D eigenvalue weighted by Crippen LogP contribution is 2.22. The molecule has 0 spiro atoms. The molecule has 1 aliphatic rings. The van der Waals surface area contributed by atoms with Crippen molar-refractivity contribution in [3.8, 4) is 5.69 Å². The first-order valence-corrected chi connectivity index (χ1v) is 8.26. The number of nitrogens with zero attached hydrogens (tertiary/aromatic N) is 3. The number of piperidine rings is 1. The van der Waals surface area contributed by atoms with Gasteiger partial charge in [-0.2, -0.15) is 5.10 Å². The van der Waals surface area contributed by atoms with Crippen LogP contribution < -0.4 is 5.32 Å². The van der Waals surface area contributed by atoms with Crippen molar-refractivity contribution < 1.29 is 9.59 Å². The van der Waals surface area contributed by atoms with Gasteiger partial charge in [0.15, 0.2) is 0 Å². The van der Waals surface area contributed by atoms with Crippen molar-refractivity contribution in [2.45, 2.75) is 32.2 Å². The highest BCUT2D eigenvalue weighted by atomic mass is 16.2. The number of amides is 2. The van der Waals surface area contributed by atoms with Gasteiger partial charge in [-0.25, -0.2) is 4.68 Å². The summed E-state index contributed by atoms with van der Waals surface area (Å²) in [6.07, 6.45) is 4.19. The standard InChI is InChI=1S/C18H22N4O2/c1-13-15(12-20-22(13)14-8-4-3-5-9-14)18(24)21-11-7-6-10-16(21)17(23)19-2/h3-5,8-9,12,16H,6-7,10-11H2,1-2H3,(H,19,23). The zero-order chi connectivity index (χ0) is 17.1. The van der Waals surface area contributed by atoms with Crippen LogP contribution in [0.1, 0.15) is 35.3 Å². The van der Waals surface area contributed by atoms with Crippen LogP contribution in [0.15, 0.2) is 36.5 Å². The van der Waals surface area contributed by atoms with Crippen LogP contribution in [0.5, 0.6) is 0 Å². The molecule has 1 saturated heterocycles. The topological polar surface area (TPSA) is 67.2 Å². The van der Waals surface area contributed by atoms with E-state index in [0.29, 0.717) is 18.5 Å². The molecule has 0 radical (unpaired) electrons. The Morgan fingerprint density at radius 2 is 1.96 bits per heavy atom. The maximum absolute atomic E-state index is 13.0. The van der Waals surface area contributed by atoms with Gasteiger partial charge in [0.2, 0.25) is 5.91 Å². The zero-order valence-electron chi connectivity index (χ0n) is 14.0. The van der Waals surface area contributed by atoms with Gasteiger partial charge in [-0.15, -0.1) is 0 Å². The molecular formula is C18H22N4O2. The van der Waals surface area contributed by atoms with E-state index in [1.165, 1.54) is 0 Å². The number of hydrogen-bond acceptors (Lipinski definition) is 3. The number of rotatable bonds is 3. The smallest absolute Gasteiger partial charge is 0.258 e. The Morgan fingerprint density at radius 3 is 2.67 bits per heavy atom. The molecule has 2 heterocycles. The van der Waals surface area contributed by atoms with E-state index in [1.54, 1.807) is 22.8 Å². The summed E-state index contributed by atoms with van der Waals surface area (Å²) in [4.78, 5) is 26.8. The number of likely N-dealkylation sites (tertiary alicyclic amines) is 1. The van der Waals surface area contributed by atoms with Crippen LogP contribution in [0.25, 0.3) is 5.69 Å². The van der Waals surface area contributed by atoms with E-state index in [0.717, 1.165) is 24.2 Å². The molecule has 3 rings (SSSR count). The van der Waals surface area contributed by atoms with Gasteiger partial charge in [0.25, 0.3) is 5.91 Å². The summed E-state index contributed by atoms with van der Waals surface area (Å²) in [7, 11) is 1.61. The van der Waals surface area contributed by atoms with Gasteiger partial charge >= 0.3 is 0 Å². The molecule has 1 fully saturated rings. The minimum Gasteiger partial charge on any atom is -0.357 e. The number of aromatic nitrogens is 2. The van der Waals surface area contributed by atoms with E-state index in [9.17, 15) is 9.59 Å². The fourth-order valence-corrected chi connectivity index (χ4v) is 3.22. The molecule has 24 heavy (non-hydrogen) atoms. The SMILES string of the molecule is CNC(=O)C1CCCCN1C(=O)c1cnn(-c2ccccc2)c1C. The van der Waals surface area contributed by atoms with E-state index in [1.807, 2.05) is 37.3 Å². The Labute approximate surface area is 141 Å². The quantitative estimate of drug-likeness (QED) is 0.937. The lowest BCUT2D eigenvalue weighted by Gasteiger charge is -2.34. The number of benzene rings is 1. The summed E-state index contributed by atoms with van der Waals surface area (Å²) >= 11 is 0. The van der Waals surface area contributed by atoms with Crippen molar-refractivity contribution in [2.24, 2.45) is 0 Å². The fraction of sp³-hybridized carbons (Fsp3) is 0.389. The highest BCUT2D eigenvalue weighted by Gasteiger charge is 2.33. The summed E-state index contributed by atoms with van der Waals surface area (Å²) in [6, 6.07) is 9.31. The third-order valence-electron chi connectivity index (χ3n) is 4.55. The molecule has 0 aliphatic carbocycles. The van der Waals surface area contributed by atoms with E-state index < -0.39 is 6.04 Å². The zero-order valence-corrected chi connectivity index (χ0v) is 14.0. The van der Waals surface area contributed by atoms with Gasteiger partial charge in [0, 0.05) is 13.6 Å². The van der Waals surface area contributed by atoms with Crippen LogP contribution in [-0.4, -0.2) is 46.1 Å². The Morgan fingerprint density at radius 1 is 1.21 bits per heavy atom. The minimum absolute atomic E-state index is 0.101. The first-order valence-electron chi connectivity index (χ1n) is 8.26. The molecule has 1 aromatic carbocycles. The van der Waals surface area contributed by atoms with Crippen molar-refractivity contribution in [1.29, 1.82) is 0 Å². The van der Waals surface area contributed by atoms with Crippen molar-refractivity contribution in [2.75, 3.05) is 13.6 Å². The lowest BCUT2D eigenvalue weighted by molar-refractivity contribution is -0.126. The van der Waals surface area contributed by atoms with Gasteiger partial charge in [0.1, 0.15) is 6.04 Å². The van der Waals surface area contributed by atoms with Gasteiger partial charge in [-0.3, -0.25) is 9.59 Å². The van der Waals surface area contributed by atoms with E-state index in [4.69, 9.17) is 0 Å². The van der Waals surface area contributed by atoms with Gasteiger partial charge in [-0.1, -0.05) is 18.2 Å². The molecule has 6 nitrogen and oxygen atoms in total.